The van der Waals surface area contributed by atoms with Crippen LogP contribution in [0.5, 0.6) is 0 Å². The van der Waals surface area contributed by atoms with E-state index in [2.05, 4.69) is 5.32 Å². The number of ether oxygens (including phenoxy) is 1. The molecule has 0 aromatic heterocycles. The Labute approximate surface area is 154 Å². The van der Waals surface area contributed by atoms with Gasteiger partial charge in [0, 0.05) is 5.69 Å². The van der Waals surface area contributed by atoms with Crippen LogP contribution in [0.15, 0.2) is 53.4 Å². The van der Waals surface area contributed by atoms with Gasteiger partial charge in [-0.1, -0.05) is 0 Å². The predicted octanol–water partition coefficient (Wildman–Crippen LogP) is 1.81. The summed E-state index contributed by atoms with van der Waals surface area (Å²) in [6.07, 6.45) is -1.21. The second-order valence-electron chi connectivity index (χ2n) is 5.41. The molecular formula is C17H16F2N2O5S. The van der Waals surface area contributed by atoms with Gasteiger partial charge in [0.15, 0.2) is 6.10 Å². The molecule has 10 heteroatoms. The Morgan fingerprint density at radius 3 is 2.07 bits per heavy atom. The highest BCUT2D eigenvalue weighted by Gasteiger charge is 2.20. The molecule has 0 heterocycles. The smallest absolute Gasteiger partial charge is 0.321 e. The molecular weight excluding hydrogens is 382 g/mol. The van der Waals surface area contributed by atoms with E-state index in [9.17, 15) is 26.8 Å². The summed E-state index contributed by atoms with van der Waals surface area (Å²) in [7, 11) is -4.03. The highest BCUT2D eigenvalue weighted by atomic mass is 32.2. The summed E-state index contributed by atoms with van der Waals surface area (Å²) >= 11 is 0. The van der Waals surface area contributed by atoms with Crippen molar-refractivity contribution in [1.82, 2.24) is 4.72 Å². The van der Waals surface area contributed by atoms with E-state index in [1.165, 1.54) is 19.1 Å². The average Bonchev–Trinajstić information content (AvgIpc) is 2.62. The Hall–Kier alpha value is -2.85. The van der Waals surface area contributed by atoms with Gasteiger partial charge in [-0.2, -0.15) is 4.72 Å². The van der Waals surface area contributed by atoms with E-state index in [0.29, 0.717) is 5.69 Å². The van der Waals surface area contributed by atoms with Crippen LogP contribution in [0.4, 0.5) is 14.5 Å². The molecule has 144 valence electrons. The van der Waals surface area contributed by atoms with Crippen molar-refractivity contribution in [3.63, 3.8) is 0 Å². The molecule has 2 rings (SSSR count). The van der Waals surface area contributed by atoms with Crippen LogP contribution in [0, 0.1) is 11.6 Å². The summed E-state index contributed by atoms with van der Waals surface area (Å²) in [6.45, 7) is 0.582. The number of carbonyl (C=O) groups excluding carboxylic acids is 2. The Morgan fingerprint density at radius 2 is 1.52 bits per heavy atom. The van der Waals surface area contributed by atoms with Crippen molar-refractivity contribution in [2.45, 2.75) is 17.9 Å². The minimum atomic E-state index is -4.03. The fraction of sp³-hybridized carbons (Fsp3) is 0.176. The van der Waals surface area contributed by atoms with Crippen molar-refractivity contribution in [3.05, 3.63) is 60.2 Å². The Balaban J connectivity index is 1.86. The van der Waals surface area contributed by atoms with Crippen molar-refractivity contribution in [3.8, 4) is 0 Å². The predicted molar refractivity (Wildman–Crippen MR) is 92.2 cm³/mol. The van der Waals surface area contributed by atoms with Gasteiger partial charge in [0.2, 0.25) is 10.0 Å². The van der Waals surface area contributed by atoms with Crippen LogP contribution >= 0.6 is 0 Å². The van der Waals surface area contributed by atoms with Crippen LogP contribution in [0.1, 0.15) is 6.92 Å². The molecule has 2 aromatic rings. The number of halogens is 2. The summed E-state index contributed by atoms with van der Waals surface area (Å²) in [5.74, 6) is -2.73. The van der Waals surface area contributed by atoms with Gasteiger partial charge in [0.25, 0.3) is 5.91 Å². The second kappa shape index (κ2) is 8.69. The lowest BCUT2D eigenvalue weighted by Crippen LogP contribution is -2.35. The number of amides is 1. The van der Waals surface area contributed by atoms with Crippen LogP contribution in [0.3, 0.4) is 0 Å². The molecule has 0 aliphatic carbocycles. The largest absolute Gasteiger partial charge is 0.452 e. The quantitative estimate of drug-likeness (QED) is 0.693. The number of hydrogen-bond donors (Lipinski definition) is 2. The third-order valence-electron chi connectivity index (χ3n) is 3.32. The topological polar surface area (TPSA) is 102 Å². The van der Waals surface area contributed by atoms with E-state index in [1.54, 1.807) is 0 Å². The monoisotopic (exact) mass is 398 g/mol. The van der Waals surface area contributed by atoms with Crippen molar-refractivity contribution in [2.24, 2.45) is 0 Å². The average molecular weight is 398 g/mol. The number of rotatable bonds is 7. The summed E-state index contributed by atoms with van der Waals surface area (Å²) in [5.41, 5.74) is 0.307. The highest BCUT2D eigenvalue weighted by Crippen LogP contribution is 2.10. The molecule has 0 aliphatic heterocycles. The highest BCUT2D eigenvalue weighted by molar-refractivity contribution is 7.89. The zero-order valence-corrected chi connectivity index (χ0v) is 14.9. The van der Waals surface area contributed by atoms with Gasteiger partial charge in [0.05, 0.1) is 4.90 Å². The molecule has 27 heavy (non-hydrogen) atoms. The van der Waals surface area contributed by atoms with Gasteiger partial charge in [-0.25, -0.2) is 17.2 Å². The van der Waals surface area contributed by atoms with Crippen LogP contribution in [-0.4, -0.2) is 32.9 Å². The lowest BCUT2D eigenvalue weighted by atomic mass is 10.3. The maximum atomic E-state index is 12.8. The van der Waals surface area contributed by atoms with E-state index >= 15 is 0 Å². The summed E-state index contributed by atoms with van der Waals surface area (Å²) in [4.78, 5) is 23.5. The van der Waals surface area contributed by atoms with Crippen molar-refractivity contribution in [2.75, 3.05) is 11.9 Å². The molecule has 0 unspecified atom stereocenters. The first-order valence-electron chi connectivity index (χ1n) is 7.68. The Bertz CT molecular complexity index is 915. The third kappa shape index (κ3) is 6.12. The van der Waals surface area contributed by atoms with Crippen LogP contribution in [0.2, 0.25) is 0 Å². The number of nitrogens with one attached hydrogen (secondary N) is 2. The second-order valence-corrected chi connectivity index (χ2v) is 7.17. The molecule has 0 aliphatic rings. The minimum absolute atomic E-state index is 0.223. The zero-order chi connectivity index (χ0) is 20.0. The zero-order valence-electron chi connectivity index (χ0n) is 14.1. The van der Waals surface area contributed by atoms with E-state index in [1.807, 2.05) is 4.72 Å². The van der Waals surface area contributed by atoms with Crippen molar-refractivity contribution >= 4 is 27.6 Å². The van der Waals surface area contributed by atoms with E-state index in [-0.39, 0.29) is 4.90 Å². The maximum Gasteiger partial charge on any atom is 0.321 e. The lowest BCUT2D eigenvalue weighted by molar-refractivity contribution is -0.151. The van der Waals surface area contributed by atoms with Crippen molar-refractivity contribution < 1.29 is 31.5 Å². The van der Waals surface area contributed by atoms with Crippen LogP contribution in [-0.2, 0) is 24.3 Å². The molecule has 0 fully saturated rings. The van der Waals surface area contributed by atoms with Crippen LogP contribution < -0.4 is 10.0 Å². The van der Waals surface area contributed by atoms with E-state index < -0.39 is 46.2 Å². The number of sulfonamides is 1. The number of benzene rings is 2. The molecule has 2 aromatic carbocycles. The summed E-state index contributed by atoms with van der Waals surface area (Å²) < 4.78 is 56.5. The number of esters is 1. The van der Waals surface area contributed by atoms with E-state index in [4.69, 9.17) is 4.74 Å². The molecule has 0 saturated carbocycles. The van der Waals surface area contributed by atoms with Gasteiger partial charge >= 0.3 is 5.97 Å². The summed E-state index contributed by atoms with van der Waals surface area (Å²) in [5, 5.41) is 2.42. The first-order chi connectivity index (χ1) is 12.7. The lowest BCUT2D eigenvalue weighted by Gasteiger charge is -2.14. The molecule has 1 amide bonds. The molecule has 7 nitrogen and oxygen atoms in total. The Kier molecular flexibility index (Phi) is 6.59. The van der Waals surface area contributed by atoms with Gasteiger partial charge in [-0.3, -0.25) is 9.59 Å². The number of carbonyl (C=O) groups is 2. The molecule has 0 saturated heterocycles. The van der Waals surface area contributed by atoms with E-state index in [0.717, 1.165) is 36.4 Å². The Morgan fingerprint density at radius 1 is 1.00 bits per heavy atom. The normalized spacial score (nSPS) is 12.3. The molecule has 2 N–H and O–H groups in total. The van der Waals surface area contributed by atoms with Gasteiger partial charge in [-0.05, 0) is 55.5 Å². The fourth-order valence-corrected chi connectivity index (χ4v) is 2.89. The first-order valence-corrected chi connectivity index (χ1v) is 9.17. The number of anilines is 1. The minimum Gasteiger partial charge on any atom is -0.452 e. The third-order valence-corrected chi connectivity index (χ3v) is 4.74. The van der Waals surface area contributed by atoms with Gasteiger partial charge < -0.3 is 10.1 Å². The molecule has 1 atom stereocenters. The fourth-order valence-electron chi connectivity index (χ4n) is 1.92. The van der Waals surface area contributed by atoms with Crippen LogP contribution in [0.25, 0.3) is 0 Å². The maximum absolute atomic E-state index is 12.8. The molecule has 0 bridgehead atoms. The summed E-state index contributed by atoms with van der Waals surface area (Å²) in [6, 6.07) is 8.98. The molecule has 0 radical (unpaired) electrons. The standard InChI is InChI=1S/C17H16F2N2O5S/c1-11(17(23)21-14-6-2-12(18)3-7-14)26-16(22)10-20-27(24,25)15-8-4-13(19)5-9-15/h2-9,11,20H,10H2,1H3,(H,21,23)/t11-/m1/s1. The first kappa shape index (κ1) is 20.5. The molecule has 0 spiro atoms. The van der Waals surface area contributed by atoms with Crippen molar-refractivity contribution in [1.29, 1.82) is 0 Å². The number of hydrogen-bond acceptors (Lipinski definition) is 5. The SMILES string of the molecule is C[C@@H](OC(=O)CNS(=O)(=O)c1ccc(F)cc1)C(=O)Nc1ccc(F)cc1. The van der Waals surface area contributed by atoms with Gasteiger partial charge in [0.1, 0.15) is 18.2 Å². The van der Waals surface area contributed by atoms with Gasteiger partial charge in [-0.15, -0.1) is 0 Å².